The molecule has 6 heteroatoms. The minimum absolute atomic E-state index is 0.189. The number of rotatable bonds is 6. The van der Waals surface area contributed by atoms with Gasteiger partial charge in [-0.2, -0.15) is 4.98 Å². The van der Waals surface area contributed by atoms with Crippen LogP contribution in [0.1, 0.15) is 25.8 Å². The molecule has 0 saturated heterocycles. The number of aromatic nitrogens is 2. The maximum atomic E-state index is 5.81. The van der Waals surface area contributed by atoms with Gasteiger partial charge in [0.15, 0.2) is 0 Å². The Kier molecular flexibility index (Phi) is 4.94. The molecular weight excluding hydrogens is 266 g/mol. The van der Waals surface area contributed by atoms with E-state index in [1.807, 2.05) is 38.1 Å². The molecule has 0 fully saturated rings. The Hall–Kier alpha value is -2.34. The van der Waals surface area contributed by atoms with Crippen molar-refractivity contribution in [2.45, 2.75) is 33.3 Å². The minimum atomic E-state index is 0.189. The third kappa shape index (κ3) is 4.06. The molecule has 0 aliphatic rings. The van der Waals surface area contributed by atoms with E-state index < -0.39 is 0 Å². The van der Waals surface area contributed by atoms with Gasteiger partial charge in [-0.1, -0.05) is 13.0 Å². The van der Waals surface area contributed by atoms with Crippen LogP contribution >= 0.6 is 0 Å². The summed E-state index contributed by atoms with van der Waals surface area (Å²) in [5.41, 5.74) is 4.27. The molecule has 0 aliphatic heterocycles. The third-order valence-corrected chi connectivity index (χ3v) is 3.11. The van der Waals surface area contributed by atoms with E-state index in [0.717, 1.165) is 23.4 Å². The predicted octanol–water partition coefficient (Wildman–Crippen LogP) is 2.99. The number of aryl methyl sites for hydroxylation is 1. The van der Waals surface area contributed by atoms with Crippen LogP contribution in [-0.4, -0.2) is 16.1 Å². The minimum Gasteiger partial charge on any atom is -0.491 e. The van der Waals surface area contributed by atoms with E-state index >= 15 is 0 Å². The van der Waals surface area contributed by atoms with E-state index in [-0.39, 0.29) is 6.10 Å². The quantitative estimate of drug-likeness (QED) is 0.559. The van der Waals surface area contributed by atoms with Crippen LogP contribution in [0.2, 0.25) is 0 Å². The monoisotopic (exact) mass is 287 g/mol. The Bertz CT molecular complexity index is 602. The molecule has 2 rings (SSSR count). The first kappa shape index (κ1) is 15.1. The number of nitrogen functional groups attached to an aromatic ring is 1. The number of nitrogens with one attached hydrogen (secondary N) is 2. The highest BCUT2D eigenvalue weighted by molar-refractivity contribution is 5.61. The van der Waals surface area contributed by atoms with Gasteiger partial charge in [-0.3, -0.25) is 5.43 Å². The van der Waals surface area contributed by atoms with Crippen LogP contribution in [0.25, 0.3) is 0 Å². The molecule has 1 heterocycles. The number of benzene rings is 1. The Morgan fingerprint density at radius 1 is 1.38 bits per heavy atom. The van der Waals surface area contributed by atoms with Crippen LogP contribution in [0.3, 0.4) is 0 Å². The zero-order valence-electron chi connectivity index (χ0n) is 12.6. The molecule has 0 saturated carbocycles. The molecule has 1 atom stereocenters. The van der Waals surface area contributed by atoms with Crippen molar-refractivity contribution in [2.24, 2.45) is 5.84 Å². The highest BCUT2D eigenvalue weighted by atomic mass is 16.5. The molecule has 112 valence electrons. The van der Waals surface area contributed by atoms with Gasteiger partial charge in [-0.25, -0.2) is 10.8 Å². The first-order valence-corrected chi connectivity index (χ1v) is 6.96. The highest BCUT2D eigenvalue weighted by Gasteiger charge is 2.06. The van der Waals surface area contributed by atoms with E-state index in [4.69, 9.17) is 10.6 Å². The summed E-state index contributed by atoms with van der Waals surface area (Å²) < 4.78 is 5.81. The van der Waals surface area contributed by atoms with Crippen molar-refractivity contribution in [3.05, 3.63) is 36.0 Å². The summed E-state index contributed by atoms with van der Waals surface area (Å²) in [5, 5.41) is 3.25. The first-order valence-electron chi connectivity index (χ1n) is 6.96. The number of hydrogen-bond donors (Lipinski definition) is 3. The van der Waals surface area contributed by atoms with Crippen LogP contribution in [0.15, 0.2) is 30.5 Å². The molecule has 6 nitrogen and oxygen atoms in total. The normalized spacial score (nSPS) is 11.8. The van der Waals surface area contributed by atoms with Crippen molar-refractivity contribution in [3.63, 3.8) is 0 Å². The molecule has 2 aromatic rings. The molecule has 0 radical (unpaired) electrons. The van der Waals surface area contributed by atoms with E-state index in [1.165, 1.54) is 0 Å². The fraction of sp³-hybridized carbons (Fsp3) is 0.333. The summed E-state index contributed by atoms with van der Waals surface area (Å²) >= 11 is 0. The Morgan fingerprint density at radius 3 is 2.90 bits per heavy atom. The van der Waals surface area contributed by atoms with Crippen molar-refractivity contribution < 1.29 is 4.74 Å². The van der Waals surface area contributed by atoms with Crippen molar-refractivity contribution >= 4 is 17.5 Å². The molecule has 0 bridgehead atoms. The second kappa shape index (κ2) is 6.90. The second-order valence-electron chi connectivity index (χ2n) is 4.86. The lowest BCUT2D eigenvalue weighted by Crippen LogP contribution is -2.12. The van der Waals surface area contributed by atoms with Gasteiger partial charge in [0.1, 0.15) is 11.6 Å². The molecule has 0 aliphatic carbocycles. The van der Waals surface area contributed by atoms with Gasteiger partial charge in [0, 0.05) is 23.5 Å². The molecule has 1 aromatic carbocycles. The summed E-state index contributed by atoms with van der Waals surface area (Å²) in [6.45, 7) is 6.08. The molecule has 1 unspecified atom stereocenters. The van der Waals surface area contributed by atoms with Crippen molar-refractivity contribution in [1.82, 2.24) is 9.97 Å². The summed E-state index contributed by atoms with van der Waals surface area (Å²) in [7, 11) is 0. The average Bonchev–Trinajstić information content (AvgIpc) is 2.49. The van der Waals surface area contributed by atoms with Gasteiger partial charge in [0.05, 0.1) is 6.10 Å². The number of nitrogens with two attached hydrogens (primary N) is 1. The molecule has 4 N–H and O–H groups in total. The van der Waals surface area contributed by atoms with Crippen LogP contribution in [0.4, 0.5) is 17.5 Å². The van der Waals surface area contributed by atoms with Gasteiger partial charge < -0.3 is 10.1 Å². The number of hydrogen-bond acceptors (Lipinski definition) is 6. The average molecular weight is 287 g/mol. The van der Waals surface area contributed by atoms with Crippen molar-refractivity contribution in [1.29, 1.82) is 0 Å². The van der Waals surface area contributed by atoms with Crippen LogP contribution < -0.4 is 21.3 Å². The van der Waals surface area contributed by atoms with Gasteiger partial charge in [-0.05, 0) is 32.4 Å². The van der Waals surface area contributed by atoms with Crippen LogP contribution in [0.5, 0.6) is 5.75 Å². The summed E-state index contributed by atoms with van der Waals surface area (Å²) in [6.07, 6.45) is 2.87. The Labute approximate surface area is 124 Å². The Morgan fingerprint density at radius 2 is 2.19 bits per heavy atom. The lowest BCUT2D eigenvalue weighted by Gasteiger charge is -2.14. The molecular formula is C15H21N5O. The first-order chi connectivity index (χ1) is 10.1. The number of anilines is 3. The fourth-order valence-electron chi connectivity index (χ4n) is 1.74. The number of hydrazine groups is 1. The maximum Gasteiger partial charge on any atom is 0.239 e. The number of nitrogens with zero attached hydrogens (tertiary/aromatic N) is 2. The van der Waals surface area contributed by atoms with Gasteiger partial charge >= 0.3 is 0 Å². The molecule has 0 amide bonds. The molecule has 21 heavy (non-hydrogen) atoms. The van der Waals surface area contributed by atoms with Gasteiger partial charge in [-0.15, -0.1) is 0 Å². The second-order valence-corrected chi connectivity index (χ2v) is 4.86. The molecule has 1 aromatic heterocycles. The highest BCUT2D eigenvalue weighted by Crippen LogP contribution is 2.23. The SMILES string of the molecule is CCC(C)Oc1cccc(Nc2nc(NN)ncc2C)c1. The maximum absolute atomic E-state index is 5.81. The van der Waals surface area contributed by atoms with Gasteiger partial charge in [0.25, 0.3) is 0 Å². The summed E-state index contributed by atoms with van der Waals surface area (Å²) in [6, 6.07) is 7.79. The smallest absolute Gasteiger partial charge is 0.239 e. The largest absolute Gasteiger partial charge is 0.491 e. The summed E-state index contributed by atoms with van der Waals surface area (Å²) in [4.78, 5) is 8.35. The zero-order valence-corrected chi connectivity index (χ0v) is 12.6. The van der Waals surface area contributed by atoms with Gasteiger partial charge in [0.2, 0.25) is 5.95 Å². The standard InChI is InChI=1S/C15H21N5O/c1-4-11(3)21-13-7-5-6-12(8-13)18-14-10(2)9-17-15(19-14)20-16/h5-9,11H,4,16H2,1-3H3,(H2,17,18,19,20). The number of ether oxygens (including phenoxy) is 1. The zero-order chi connectivity index (χ0) is 15.2. The third-order valence-electron chi connectivity index (χ3n) is 3.11. The van der Waals surface area contributed by atoms with E-state index in [1.54, 1.807) is 6.20 Å². The van der Waals surface area contributed by atoms with Crippen molar-refractivity contribution in [3.8, 4) is 5.75 Å². The fourth-order valence-corrected chi connectivity index (χ4v) is 1.74. The topological polar surface area (TPSA) is 85.1 Å². The predicted molar refractivity (Wildman–Crippen MR) is 84.7 cm³/mol. The van der Waals surface area contributed by atoms with E-state index in [0.29, 0.717) is 11.8 Å². The lowest BCUT2D eigenvalue weighted by atomic mass is 10.2. The summed E-state index contributed by atoms with van der Waals surface area (Å²) in [5.74, 6) is 7.24. The van der Waals surface area contributed by atoms with Crippen LogP contribution in [0, 0.1) is 6.92 Å². The van der Waals surface area contributed by atoms with Crippen LogP contribution in [-0.2, 0) is 0 Å². The van der Waals surface area contributed by atoms with E-state index in [9.17, 15) is 0 Å². The molecule has 0 spiro atoms. The lowest BCUT2D eigenvalue weighted by molar-refractivity contribution is 0.217. The van der Waals surface area contributed by atoms with Crippen molar-refractivity contribution in [2.75, 3.05) is 10.7 Å². The Balaban J connectivity index is 2.18. The van der Waals surface area contributed by atoms with E-state index in [2.05, 4.69) is 27.6 Å².